The van der Waals surface area contributed by atoms with Crippen LogP contribution in [0.1, 0.15) is 6.92 Å². The van der Waals surface area contributed by atoms with Crippen LogP contribution < -0.4 is 0 Å². The van der Waals surface area contributed by atoms with Crippen molar-refractivity contribution in [3.8, 4) is 0 Å². The van der Waals surface area contributed by atoms with Crippen molar-refractivity contribution >= 4 is 6.29 Å². The highest BCUT2D eigenvalue weighted by Gasteiger charge is 1.65. The predicted octanol–water partition coefficient (Wildman–Crippen LogP) is 5.77. The van der Waals surface area contributed by atoms with Crippen LogP contribution in [0.3, 0.4) is 0 Å². The third-order valence-corrected chi connectivity index (χ3v) is 2.27. The van der Waals surface area contributed by atoms with Gasteiger partial charge in [-0.2, -0.15) is 0 Å². The molecule has 0 saturated carbocycles. The maximum Gasteiger partial charge on any atom is 0.142 e. The van der Waals surface area contributed by atoms with Gasteiger partial charge in [0.25, 0.3) is 0 Å². The Labute approximate surface area is 140 Å². The summed E-state index contributed by atoms with van der Waals surface area (Å²) >= 11 is 0. The minimum Gasteiger partial charge on any atom is -0.299 e. The van der Waals surface area contributed by atoms with Crippen molar-refractivity contribution in [3.05, 3.63) is 122 Å². The third-order valence-electron chi connectivity index (χ3n) is 2.27. The zero-order chi connectivity index (χ0) is 16.8. The monoisotopic (exact) mass is 304 g/mol. The van der Waals surface area contributed by atoms with Gasteiger partial charge >= 0.3 is 0 Å². The van der Waals surface area contributed by atoms with Gasteiger partial charge < -0.3 is 0 Å². The molecule has 0 N–H and O–H groups in total. The van der Waals surface area contributed by atoms with Crippen LogP contribution in [-0.4, -0.2) is 6.29 Å². The number of hydrogen-bond donors (Lipinski definition) is 0. The van der Waals surface area contributed by atoms with Gasteiger partial charge in [0.15, 0.2) is 0 Å². The molecule has 0 rings (SSSR count). The van der Waals surface area contributed by atoms with Gasteiger partial charge in [-0.05, 0) is 13.0 Å². The highest BCUT2D eigenvalue weighted by molar-refractivity contribution is 5.65. The smallest absolute Gasteiger partial charge is 0.142 e. The van der Waals surface area contributed by atoms with Gasteiger partial charge in [0, 0.05) is 0 Å². The lowest BCUT2D eigenvalue weighted by Gasteiger charge is -1.75. The van der Waals surface area contributed by atoms with Crippen molar-refractivity contribution in [2.45, 2.75) is 6.92 Å². The first-order valence-electron chi connectivity index (χ1n) is 7.48. The summed E-state index contributed by atoms with van der Waals surface area (Å²) < 4.78 is 0. The molecule has 0 aliphatic heterocycles. The van der Waals surface area contributed by atoms with Crippen LogP contribution in [-0.2, 0) is 4.79 Å². The van der Waals surface area contributed by atoms with Crippen molar-refractivity contribution in [2.24, 2.45) is 0 Å². The summed E-state index contributed by atoms with van der Waals surface area (Å²) in [6.45, 7) is 1.99. The van der Waals surface area contributed by atoms with Gasteiger partial charge in [-0.15, -0.1) is 0 Å². The van der Waals surface area contributed by atoms with Crippen LogP contribution in [0, 0.1) is 0 Å². The molecule has 0 aromatic rings. The second kappa shape index (κ2) is 19.1. The second-order valence-electron chi connectivity index (χ2n) is 4.13. The van der Waals surface area contributed by atoms with Gasteiger partial charge in [0.05, 0.1) is 0 Å². The van der Waals surface area contributed by atoms with E-state index in [1.54, 1.807) is 12.2 Å². The van der Waals surface area contributed by atoms with Crippen molar-refractivity contribution in [1.29, 1.82) is 0 Å². The molecule has 0 bridgehead atoms. The van der Waals surface area contributed by atoms with E-state index in [0.29, 0.717) is 0 Å². The topological polar surface area (TPSA) is 17.1 Å². The first-order valence-corrected chi connectivity index (χ1v) is 7.48. The molecule has 0 aliphatic rings. The Kier molecular flexibility index (Phi) is 16.6. The summed E-state index contributed by atoms with van der Waals surface area (Å²) in [6.07, 6.45) is 39.0. The highest BCUT2D eigenvalue weighted by atomic mass is 16.1. The molecule has 0 radical (unpaired) electrons. The van der Waals surface area contributed by atoms with E-state index < -0.39 is 0 Å². The Bertz CT molecular complexity index is 571. The fourth-order valence-corrected chi connectivity index (χ4v) is 1.25. The van der Waals surface area contributed by atoms with Crippen molar-refractivity contribution in [1.82, 2.24) is 0 Å². The van der Waals surface area contributed by atoms with Gasteiger partial charge in [-0.3, -0.25) is 4.79 Å². The molecular weight excluding hydrogens is 280 g/mol. The van der Waals surface area contributed by atoms with Gasteiger partial charge in [0.2, 0.25) is 0 Å². The largest absolute Gasteiger partial charge is 0.299 e. The molecule has 0 spiro atoms. The SMILES string of the molecule is C/C=C/C=C/C=C/C=C/C=C/C=C/C=C/C=C/C=C/C=C/C=O. The van der Waals surface area contributed by atoms with Crippen molar-refractivity contribution in [2.75, 3.05) is 0 Å². The summed E-state index contributed by atoms with van der Waals surface area (Å²) in [5, 5.41) is 0. The summed E-state index contributed by atoms with van der Waals surface area (Å²) in [5.41, 5.74) is 0. The van der Waals surface area contributed by atoms with Crippen molar-refractivity contribution < 1.29 is 4.79 Å². The summed E-state index contributed by atoms with van der Waals surface area (Å²) in [7, 11) is 0. The number of carbonyl (C=O) groups is 1. The number of carbonyl (C=O) groups excluding carboxylic acids is 1. The average Bonchev–Trinajstić information content (AvgIpc) is 2.57. The first-order chi connectivity index (χ1) is 11.4. The normalized spacial score (nSPS) is 14.5. The van der Waals surface area contributed by atoms with E-state index in [4.69, 9.17) is 0 Å². The Morgan fingerprint density at radius 2 is 0.565 bits per heavy atom. The molecule has 0 heterocycles. The van der Waals surface area contributed by atoms with Crippen molar-refractivity contribution in [3.63, 3.8) is 0 Å². The maximum atomic E-state index is 10.0. The van der Waals surface area contributed by atoms with Gasteiger partial charge in [0.1, 0.15) is 6.29 Å². The minimum atomic E-state index is 0.750. The number of allylic oxidation sites excluding steroid dienone is 20. The Hall–Kier alpha value is -2.93. The molecule has 0 fully saturated rings. The van der Waals surface area contributed by atoms with E-state index in [0.717, 1.165) is 6.29 Å². The van der Waals surface area contributed by atoms with Crippen LogP contribution in [0.4, 0.5) is 0 Å². The number of aldehydes is 1. The molecule has 1 heteroatoms. The number of rotatable bonds is 10. The molecule has 0 aromatic heterocycles. The van der Waals surface area contributed by atoms with Gasteiger partial charge in [-0.1, -0.05) is 115 Å². The molecule has 0 amide bonds. The number of hydrogen-bond acceptors (Lipinski definition) is 1. The minimum absolute atomic E-state index is 0.750. The lowest BCUT2D eigenvalue weighted by molar-refractivity contribution is -0.104. The third kappa shape index (κ3) is 19.1. The lowest BCUT2D eigenvalue weighted by Crippen LogP contribution is -1.56. The van der Waals surface area contributed by atoms with E-state index in [1.807, 2.05) is 110 Å². The second-order valence-corrected chi connectivity index (χ2v) is 4.13. The predicted molar refractivity (Wildman–Crippen MR) is 103 cm³/mol. The van der Waals surface area contributed by atoms with Crippen LogP contribution >= 0.6 is 0 Å². The molecule has 0 aliphatic carbocycles. The average molecular weight is 304 g/mol. The fraction of sp³-hybridized carbons (Fsp3) is 0.0455. The molecular formula is C22H24O. The van der Waals surface area contributed by atoms with Crippen LogP contribution in [0.15, 0.2) is 122 Å². The standard InChI is InChI=1S/C22H24O/c1-2-3-4-5-6-7-8-9-10-11-12-13-14-15-16-17-18-19-20-21-22-23/h2-22H,1H3/b3-2+,5-4+,7-6+,9-8+,11-10+,13-12+,15-14+,17-16+,19-18+,21-20+. The Morgan fingerprint density at radius 3 is 0.783 bits per heavy atom. The van der Waals surface area contributed by atoms with E-state index in [9.17, 15) is 4.79 Å². The van der Waals surface area contributed by atoms with E-state index in [1.165, 1.54) is 6.08 Å². The van der Waals surface area contributed by atoms with E-state index >= 15 is 0 Å². The van der Waals surface area contributed by atoms with Crippen LogP contribution in [0.5, 0.6) is 0 Å². The van der Waals surface area contributed by atoms with Crippen LogP contribution in [0.2, 0.25) is 0 Å². The zero-order valence-corrected chi connectivity index (χ0v) is 13.5. The lowest BCUT2D eigenvalue weighted by atomic mass is 10.3. The summed E-state index contributed by atoms with van der Waals surface area (Å²) in [6, 6.07) is 0. The Balaban J connectivity index is 3.90. The highest BCUT2D eigenvalue weighted by Crippen LogP contribution is 1.86. The van der Waals surface area contributed by atoms with E-state index in [-0.39, 0.29) is 0 Å². The Morgan fingerprint density at radius 1 is 0.348 bits per heavy atom. The summed E-state index contributed by atoms with van der Waals surface area (Å²) in [4.78, 5) is 10.0. The van der Waals surface area contributed by atoms with Gasteiger partial charge in [-0.25, -0.2) is 0 Å². The maximum absolute atomic E-state index is 10.0. The molecule has 0 unspecified atom stereocenters. The molecule has 0 atom stereocenters. The molecule has 0 aromatic carbocycles. The molecule has 23 heavy (non-hydrogen) atoms. The van der Waals surface area contributed by atoms with E-state index in [2.05, 4.69) is 0 Å². The fourth-order valence-electron chi connectivity index (χ4n) is 1.25. The zero-order valence-electron chi connectivity index (χ0n) is 13.5. The molecule has 0 saturated heterocycles. The first kappa shape index (κ1) is 20.1. The quantitative estimate of drug-likeness (QED) is 0.284. The summed E-state index contributed by atoms with van der Waals surface area (Å²) in [5.74, 6) is 0. The van der Waals surface area contributed by atoms with Crippen LogP contribution in [0.25, 0.3) is 0 Å². The molecule has 1 nitrogen and oxygen atoms in total. The molecule has 118 valence electrons.